The van der Waals surface area contributed by atoms with E-state index in [9.17, 15) is 18.0 Å². The largest absolute Gasteiger partial charge is 0.493 e. The van der Waals surface area contributed by atoms with Gasteiger partial charge in [0.15, 0.2) is 0 Å². The van der Waals surface area contributed by atoms with Gasteiger partial charge in [-0.1, -0.05) is 18.2 Å². The number of amides is 1. The van der Waals surface area contributed by atoms with Crippen molar-refractivity contribution in [3.63, 3.8) is 0 Å². The van der Waals surface area contributed by atoms with E-state index in [0.29, 0.717) is 23.2 Å². The summed E-state index contributed by atoms with van der Waals surface area (Å²) in [4.78, 5) is 16.6. The van der Waals surface area contributed by atoms with Crippen LogP contribution in [-0.2, 0) is 11.0 Å². The van der Waals surface area contributed by atoms with Crippen LogP contribution in [0.2, 0.25) is 0 Å². The van der Waals surface area contributed by atoms with E-state index in [1.54, 1.807) is 24.5 Å². The molecule has 0 radical (unpaired) electrons. The number of nitrogens with one attached hydrogen (secondary N) is 1. The van der Waals surface area contributed by atoms with Crippen LogP contribution >= 0.6 is 0 Å². The van der Waals surface area contributed by atoms with Crippen LogP contribution in [0.4, 0.5) is 18.9 Å². The second-order valence-electron chi connectivity index (χ2n) is 6.37. The van der Waals surface area contributed by atoms with Gasteiger partial charge in [0.2, 0.25) is 5.91 Å². The lowest BCUT2D eigenvalue weighted by Gasteiger charge is -2.21. The van der Waals surface area contributed by atoms with Gasteiger partial charge < -0.3 is 10.1 Å². The minimum absolute atomic E-state index is 0.136. The molecule has 0 fully saturated rings. The van der Waals surface area contributed by atoms with Crippen molar-refractivity contribution >= 4 is 27.9 Å². The molecule has 4 nitrogen and oxygen atoms in total. The Morgan fingerprint density at radius 3 is 2.86 bits per heavy atom. The maximum atomic E-state index is 12.9. The molecule has 1 aliphatic heterocycles. The SMILES string of the molecule is O=C(/C=C1\CCOc2cc(C(F)(F)F)ccc21)Nc1cccc2cnccc12. The van der Waals surface area contributed by atoms with Crippen molar-refractivity contribution in [1.82, 2.24) is 4.98 Å². The van der Waals surface area contributed by atoms with E-state index in [2.05, 4.69) is 10.3 Å². The van der Waals surface area contributed by atoms with Gasteiger partial charge in [0, 0.05) is 46.9 Å². The summed E-state index contributed by atoms with van der Waals surface area (Å²) in [5, 5.41) is 4.58. The van der Waals surface area contributed by atoms with Crippen molar-refractivity contribution in [2.75, 3.05) is 11.9 Å². The zero-order valence-electron chi connectivity index (χ0n) is 14.6. The number of fused-ring (bicyclic) bond motifs is 2. The molecular formula is C21H15F3N2O2. The first kappa shape index (κ1) is 18.0. The highest BCUT2D eigenvalue weighted by atomic mass is 19.4. The Balaban J connectivity index is 1.62. The van der Waals surface area contributed by atoms with Crippen molar-refractivity contribution in [3.05, 3.63) is 72.1 Å². The van der Waals surface area contributed by atoms with Gasteiger partial charge >= 0.3 is 6.18 Å². The number of aromatic nitrogens is 1. The summed E-state index contributed by atoms with van der Waals surface area (Å²) >= 11 is 0. The van der Waals surface area contributed by atoms with Gasteiger partial charge in [-0.3, -0.25) is 9.78 Å². The Hall–Kier alpha value is -3.35. The molecule has 0 spiro atoms. The van der Waals surface area contributed by atoms with Crippen LogP contribution in [0.3, 0.4) is 0 Å². The molecule has 0 bridgehead atoms. The van der Waals surface area contributed by atoms with Crippen LogP contribution < -0.4 is 10.1 Å². The average Bonchev–Trinajstić information content (AvgIpc) is 2.67. The summed E-state index contributed by atoms with van der Waals surface area (Å²) in [6.45, 7) is 0.216. The second-order valence-corrected chi connectivity index (χ2v) is 6.37. The Labute approximate surface area is 158 Å². The number of alkyl halides is 3. The third-order valence-corrected chi connectivity index (χ3v) is 4.53. The molecule has 2 aromatic carbocycles. The van der Waals surface area contributed by atoms with Crippen LogP contribution in [0.15, 0.2) is 60.9 Å². The lowest BCUT2D eigenvalue weighted by atomic mass is 9.97. The van der Waals surface area contributed by atoms with Gasteiger partial charge in [0.25, 0.3) is 0 Å². The Bertz CT molecular complexity index is 1090. The molecule has 28 heavy (non-hydrogen) atoms. The lowest BCUT2D eigenvalue weighted by Crippen LogP contribution is -2.14. The van der Waals surface area contributed by atoms with Crippen LogP contribution in [0.25, 0.3) is 16.3 Å². The molecular weight excluding hydrogens is 369 g/mol. The van der Waals surface area contributed by atoms with E-state index < -0.39 is 11.7 Å². The average molecular weight is 384 g/mol. The fourth-order valence-corrected chi connectivity index (χ4v) is 3.20. The third kappa shape index (κ3) is 3.55. The van der Waals surface area contributed by atoms with E-state index in [-0.39, 0.29) is 18.3 Å². The molecule has 0 aliphatic carbocycles. The van der Waals surface area contributed by atoms with E-state index in [1.807, 2.05) is 12.1 Å². The molecule has 0 atom stereocenters. The number of rotatable bonds is 2. The first-order chi connectivity index (χ1) is 13.4. The Morgan fingerprint density at radius 1 is 1.18 bits per heavy atom. The van der Waals surface area contributed by atoms with Gasteiger partial charge in [-0.15, -0.1) is 0 Å². The summed E-state index contributed by atoms with van der Waals surface area (Å²) in [7, 11) is 0. The molecule has 2 heterocycles. The van der Waals surface area contributed by atoms with Crippen LogP contribution in [-0.4, -0.2) is 17.5 Å². The normalized spacial score (nSPS) is 15.2. The van der Waals surface area contributed by atoms with Crippen molar-refractivity contribution < 1.29 is 22.7 Å². The van der Waals surface area contributed by atoms with Gasteiger partial charge in [-0.25, -0.2) is 0 Å². The molecule has 0 unspecified atom stereocenters. The topological polar surface area (TPSA) is 51.2 Å². The number of anilines is 1. The number of hydrogen-bond donors (Lipinski definition) is 1. The van der Waals surface area contributed by atoms with E-state index in [4.69, 9.17) is 4.74 Å². The van der Waals surface area contributed by atoms with Gasteiger partial charge in [0.05, 0.1) is 12.2 Å². The molecule has 1 aromatic heterocycles. The second kappa shape index (κ2) is 6.99. The number of nitrogens with zero attached hydrogens (tertiary/aromatic N) is 1. The van der Waals surface area contributed by atoms with Gasteiger partial charge in [-0.05, 0) is 29.8 Å². The van der Waals surface area contributed by atoms with Crippen LogP contribution in [0.5, 0.6) is 5.75 Å². The number of carbonyl (C=O) groups is 1. The molecule has 3 aromatic rings. The monoisotopic (exact) mass is 384 g/mol. The number of carbonyl (C=O) groups excluding carboxylic acids is 1. The number of pyridine rings is 1. The van der Waals surface area contributed by atoms with Crippen molar-refractivity contribution in [2.45, 2.75) is 12.6 Å². The molecule has 142 valence electrons. The van der Waals surface area contributed by atoms with Crippen molar-refractivity contribution in [2.24, 2.45) is 0 Å². The highest BCUT2D eigenvalue weighted by molar-refractivity contribution is 6.08. The summed E-state index contributed by atoms with van der Waals surface area (Å²) in [6.07, 6.45) is 0.750. The minimum Gasteiger partial charge on any atom is -0.493 e. The summed E-state index contributed by atoms with van der Waals surface area (Å²) in [6, 6.07) is 10.6. The number of halogens is 3. The smallest absolute Gasteiger partial charge is 0.416 e. The molecule has 1 amide bonds. The highest BCUT2D eigenvalue weighted by Crippen LogP contribution is 2.38. The third-order valence-electron chi connectivity index (χ3n) is 4.53. The van der Waals surface area contributed by atoms with Gasteiger partial charge in [0.1, 0.15) is 5.75 Å². The molecule has 0 saturated carbocycles. The van der Waals surface area contributed by atoms with Crippen LogP contribution in [0, 0.1) is 0 Å². The van der Waals surface area contributed by atoms with E-state index >= 15 is 0 Å². The van der Waals surface area contributed by atoms with E-state index in [0.717, 1.165) is 22.9 Å². The standard InChI is InChI=1S/C21H15F3N2O2/c22-21(23,24)15-4-5-17-13(7-9-28-19(17)11-15)10-20(27)26-18-3-1-2-14-12-25-8-6-16(14)18/h1-6,8,10-12H,7,9H2,(H,26,27)/b13-10+. The summed E-state index contributed by atoms with van der Waals surface area (Å²) in [5.74, 6) is -0.219. The number of hydrogen-bond acceptors (Lipinski definition) is 3. The van der Waals surface area contributed by atoms with Crippen molar-refractivity contribution in [3.8, 4) is 5.75 Å². The molecule has 4 rings (SSSR count). The van der Waals surface area contributed by atoms with E-state index in [1.165, 1.54) is 12.1 Å². The fourth-order valence-electron chi connectivity index (χ4n) is 3.20. The number of benzene rings is 2. The maximum absolute atomic E-state index is 12.9. The molecule has 0 saturated heterocycles. The predicted molar refractivity (Wildman–Crippen MR) is 99.9 cm³/mol. The number of ether oxygens (including phenoxy) is 1. The summed E-state index contributed by atoms with van der Waals surface area (Å²) in [5.41, 5.74) is 0.994. The van der Waals surface area contributed by atoms with Gasteiger partial charge in [-0.2, -0.15) is 13.2 Å². The van der Waals surface area contributed by atoms with Crippen molar-refractivity contribution in [1.29, 1.82) is 0 Å². The quantitative estimate of drug-likeness (QED) is 0.629. The van der Waals surface area contributed by atoms with Crippen LogP contribution in [0.1, 0.15) is 17.5 Å². The highest BCUT2D eigenvalue weighted by Gasteiger charge is 2.32. The summed E-state index contributed by atoms with van der Waals surface area (Å²) < 4.78 is 44.1. The minimum atomic E-state index is -4.44. The first-order valence-corrected chi connectivity index (χ1v) is 8.60. The molecule has 1 aliphatic rings. The zero-order valence-corrected chi connectivity index (χ0v) is 14.6. The fraction of sp³-hybridized carbons (Fsp3) is 0.143. The lowest BCUT2D eigenvalue weighted by molar-refractivity contribution is -0.137. The molecule has 1 N–H and O–H groups in total. The first-order valence-electron chi connectivity index (χ1n) is 8.60. The predicted octanol–water partition coefficient (Wildman–Crippen LogP) is 5.06. The Morgan fingerprint density at radius 2 is 2.04 bits per heavy atom. The maximum Gasteiger partial charge on any atom is 0.416 e. The zero-order chi connectivity index (χ0) is 19.7. The molecule has 7 heteroatoms. The Kier molecular flexibility index (Phi) is 4.50.